The minimum absolute atomic E-state index is 0.180. The molecule has 14 nitrogen and oxygen atoms in total. The molecule has 15 heteroatoms. The second-order valence-electron chi connectivity index (χ2n) is 8.86. The highest BCUT2D eigenvalue weighted by molar-refractivity contribution is 7.52. The quantitative estimate of drug-likeness (QED) is 0.228. The van der Waals surface area contributed by atoms with Gasteiger partial charge in [-0.1, -0.05) is 18.2 Å². The Balaban J connectivity index is 1.45. The summed E-state index contributed by atoms with van der Waals surface area (Å²) in [6, 6.07) is 8.05. The number of aliphatic hydroxyl groups excluding tert-OH is 2. The number of aromatic amines is 1. The highest BCUT2D eigenvalue weighted by Crippen LogP contribution is 2.46. The monoisotopic (exact) mass is 555 g/mol. The molecule has 2 aliphatic heterocycles. The zero-order valence-corrected chi connectivity index (χ0v) is 21.4. The number of para-hydroxylation sites is 1. The molecule has 0 spiro atoms. The lowest BCUT2D eigenvalue weighted by Crippen LogP contribution is -2.39. The molecule has 2 aromatic rings. The molecule has 2 unspecified atom stereocenters. The van der Waals surface area contributed by atoms with Gasteiger partial charge in [0, 0.05) is 25.1 Å². The highest BCUT2D eigenvalue weighted by atomic mass is 31.2. The second-order valence-corrected chi connectivity index (χ2v) is 10.6. The van der Waals surface area contributed by atoms with Crippen LogP contribution in [0.25, 0.3) is 0 Å². The number of aromatic nitrogens is 2. The van der Waals surface area contributed by atoms with Gasteiger partial charge in [-0.15, -0.1) is 0 Å². The number of nitrogens with zero attached hydrogens (tertiary/aromatic N) is 1. The van der Waals surface area contributed by atoms with Crippen molar-refractivity contribution < 1.29 is 42.8 Å². The molecule has 1 aromatic heterocycles. The molecule has 6 atom stereocenters. The van der Waals surface area contributed by atoms with Crippen LogP contribution in [0.15, 0.2) is 52.2 Å². The van der Waals surface area contributed by atoms with Crippen molar-refractivity contribution >= 4 is 13.7 Å². The molecule has 4 N–H and O–H groups in total. The summed E-state index contributed by atoms with van der Waals surface area (Å²) in [6.45, 7) is 1.83. The van der Waals surface area contributed by atoms with E-state index in [9.17, 15) is 29.2 Å². The average Bonchev–Trinajstić information content (AvgIpc) is 3.17. The summed E-state index contributed by atoms with van der Waals surface area (Å²) in [6.07, 6.45) is -3.82. The number of nitrogens with one attached hydrogen (secondary N) is 2. The summed E-state index contributed by atoms with van der Waals surface area (Å²) >= 11 is 0. The number of carbonyl (C=O) groups excluding carboxylic acids is 1. The number of carbonyl (C=O) groups is 1. The van der Waals surface area contributed by atoms with Crippen molar-refractivity contribution in [3.8, 4) is 5.75 Å². The number of esters is 1. The summed E-state index contributed by atoms with van der Waals surface area (Å²) in [5, 5.41) is 23.5. The van der Waals surface area contributed by atoms with Crippen molar-refractivity contribution in [1.29, 1.82) is 0 Å². The molecular formula is C23H30N3O11P. The molecule has 208 valence electrons. The minimum atomic E-state index is -4.28. The van der Waals surface area contributed by atoms with E-state index in [1.807, 2.05) is 4.98 Å². The third-order valence-electron chi connectivity index (χ3n) is 6.00. The van der Waals surface area contributed by atoms with E-state index in [-0.39, 0.29) is 11.9 Å². The summed E-state index contributed by atoms with van der Waals surface area (Å²) in [5.74, 6) is -0.485. The van der Waals surface area contributed by atoms with E-state index in [0.29, 0.717) is 26.1 Å². The smallest absolute Gasteiger partial charge is 0.459 e. The fourth-order valence-electron chi connectivity index (χ4n) is 3.96. The number of aliphatic hydroxyl groups is 2. The SMILES string of the molecule is C[C@H](NP(=O)(OC[C@H]1OC(n2ccc(=O)[nH]c2=O)[C@H](O)[C@@H]1O)Oc1ccccc1)C(=O)OC1CCOCC1. The molecule has 4 rings (SSSR count). The summed E-state index contributed by atoms with van der Waals surface area (Å²) < 4.78 is 42.0. The van der Waals surface area contributed by atoms with Gasteiger partial charge >= 0.3 is 19.4 Å². The molecule has 0 saturated carbocycles. The van der Waals surface area contributed by atoms with E-state index in [2.05, 4.69) is 5.09 Å². The first kappa shape index (κ1) is 28.2. The minimum Gasteiger partial charge on any atom is -0.461 e. The third kappa shape index (κ3) is 6.97. The number of H-pyrrole nitrogens is 1. The summed E-state index contributed by atoms with van der Waals surface area (Å²) in [4.78, 5) is 38.1. The third-order valence-corrected chi connectivity index (χ3v) is 7.64. The first-order valence-electron chi connectivity index (χ1n) is 12.0. The number of hydrogen-bond donors (Lipinski definition) is 4. The fourth-order valence-corrected chi connectivity index (χ4v) is 5.46. The highest BCUT2D eigenvalue weighted by Gasteiger charge is 2.46. The molecule has 2 aliphatic rings. The maximum atomic E-state index is 13.7. The topological polar surface area (TPSA) is 188 Å². The van der Waals surface area contributed by atoms with Crippen LogP contribution in [0.2, 0.25) is 0 Å². The standard InChI is InChI=1S/C23H30N3O11P/c1-14(22(30)35-15-8-11-33-12-9-15)25-38(32,37-16-5-3-2-4-6-16)34-13-17-19(28)20(29)21(36-17)26-10-7-18(27)24-23(26)31/h2-7,10,14-15,17,19-21,28-29H,8-9,11-13H2,1H3,(H,25,32)(H,24,27,31)/t14-,17+,19+,20+,21?,38?/m0/s1. The molecule has 2 saturated heterocycles. The zero-order valence-electron chi connectivity index (χ0n) is 20.5. The van der Waals surface area contributed by atoms with Gasteiger partial charge in [0.25, 0.3) is 5.56 Å². The Morgan fingerprint density at radius 1 is 1.18 bits per heavy atom. The lowest BCUT2D eigenvalue weighted by atomic mass is 10.1. The van der Waals surface area contributed by atoms with Crippen LogP contribution >= 0.6 is 7.75 Å². The zero-order chi connectivity index (χ0) is 27.3. The first-order valence-corrected chi connectivity index (χ1v) is 13.6. The van der Waals surface area contributed by atoms with Crippen LogP contribution in [0, 0.1) is 0 Å². The Bertz CT molecular complexity index is 1250. The number of benzene rings is 1. The maximum absolute atomic E-state index is 13.7. The molecule has 38 heavy (non-hydrogen) atoms. The first-order chi connectivity index (χ1) is 18.1. The van der Waals surface area contributed by atoms with Gasteiger partial charge in [-0.3, -0.25) is 23.7 Å². The molecular weight excluding hydrogens is 525 g/mol. The van der Waals surface area contributed by atoms with Gasteiger partial charge in [0.05, 0.1) is 19.8 Å². The van der Waals surface area contributed by atoms with Crippen LogP contribution in [0.1, 0.15) is 26.0 Å². The van der Waals surface area contributed by atoms with Crippen LogP contribution in [0.4, 0.5) is 0 Å². The van der Waals surface area contributed by atoms with E-state index in [4.69, 9.17) is 23.3 Å². The van der Waals surface area contributed by atoms with Gasteiger partial charge in [0.1, 0.15) is 36.2 Å². The number of rotatable bonds is 10. The van der Waals surface area contributed by atoms with Crippen LogP contribution in [0.3, 0.4) is 0 Å². The second kappa shape index (κ2) is 12.3. The predicted octanol–water partition coefficient (Wildman–Crippen LogP) is 0.0598. The summed E-state index contributed by atoms with van der Waals surface area (Å²) in [7, 11) is -4.28. The Kier molecular flexibility index (Phi) is 9.15. The fraction of sp³-hybridized carbons (Fsp3) is 0.522. The van der Waals surface area contributed by atoms with Crippen LogP contribution in [0.5, 0.6) is 5.75 Å². The van der Waals surface area contributed by atoms with Gasteiger partial charge in [-0.2, -0.15) is 5.09 Å². The Morgan fingerprint density at radius 3 is 2.58 bits per heavy atom. The Hall–Kier alpha value is -2.84. The van der Waals surface area contributed by atoms with E-state index in [0.717, 1.165) is 16.8 Å². The van der Waals surface area contributed by atoms with Gasteiger partial charge in [0.15, 0.2) is 6.23 Å². The Morgan fingerprint density at radius 2 is 1.89 bits per heavy atom. The van der Waals surface area contributed by atoms with E-state index < -0.39 is 62.2 Å². The van der Waals surface area contributed by atoms with E-state index >= 15 is 0 Å². The number of hydrogen-bond acceptors (Lipinski definition) is 11. The molecule has 0 bridgehead atoms. The van der Waals surface area contributed by atoms with Crippen molar-refractivity contribution in [1.82, 2.24) is 14.6 Å². The molecule has 1 aromatic carbocycles. The van der Waals surface area contributed by atoms with Gasteiger partial charge < -0.3 is 28.9 Å². The normalized spacial score (nSPS) is 26.4. The van der Waals surface area contributed by atoms with Crippen molar-refractivity contribution in [3.05, 3.63) is 63.4 Å². The average molecular weight is 555 g/mol. The molecule has 0 amide bonds. The van der Waals surface area contributed by atoms with Gasteiger partial charge in [0.2, 0.25) is 0 Å². The molecule has 0 radical (unpaired) electrons. The van der Waals surface area contributed by atoms with Crippen molar-refractivity contribution in [2.24, 2.45) is 0 Å². The van der Waals surface area contributed by atoms with Crippen molar-refractivity contribution in [2.45, 2.75) is 56.5 Å². The van der Waals surface area contributed by atoms with Gasteiger partial charge in [-0.05, 0) is 19.1 Å². The van der Waals surface area contributed by atoms with E-state index in [1.54, 1.807) is 18.2 Å². The number of ether oxygens (including phenoxy) is 3. The van der Waals surface area contributed by atoms with E-state index in [1.165, 1.54) is 19.1 Å². The summed E-state index contributed by atoms with van der Waals surface area (Å²) in [5.41, 5.74) is -1.50. The lowest BCUT2D eigenvalue weighted by Gasteiger charge is -2.27. The molecule has 2 fully saturated rings. The van der Waals surface area contributed by atoms with Crippen LogP contribution in [-0.4, -0.2) is 76.0 Å². The van der Waals surface area contributed by atoms with Crippen LogP contribution < -0.4 is 20.9 Å². The van der Waals surface area contributed by atoms with Crippen molar-refractivity contribution in [2.75, 3.05) is 19.8 Å². The Labute approximate surface area is 217 Å². The largest absolute Gasteiger partial charge is 0.461 e. The van der Waals surface area contributed by atoms with Crippen molar-refractivity contribution in [3.63, 3.8) is 0 Å². The lowest BCUT2D eigenvalue weighted by molar-refractivity contribution is -0.154. The van der Waals surface area contributed by atoms with Gasteiger partial charge in [-0.25, -0.2) is 9.36 Å². The molecule has 0 aliphatic carbocycles. The van der Waals surface area contributed by atoms with Crippen LogP contribution in [-0.2, 0) is 28.1 Å². The predicted molar refractivity (Wildman–Crippen MR) is 130 cm³/mol. The maximum Gasteiger partial charge on any atom is 0.459 e. The molecule has 3 heterocycles.